The van der Waals surface area contributed by atoms with Gasteiger partial charge in [0.1, 0.15) is 13.2 Å². The Morgan fingerprint density at radius 2 is 2.05 bits per heavy atom. The molecule has 20 heavy (non-hydrogen) atoms. The van der Waals surface area contributed by atoms with Crippen LogP contribution in [-0.4, -0.2) is 43.8 Å². The van der Waals surface area contributed by atoms with Crippen LogP contribution < -0.4 is 15.2 Å². The Morgan fingerprint density at radius 1 is 1.25 bits per heavy atom. The highest BCUT2D eigenvalue weighted by atomic mass is 16.6. The van der Waals surface area contributed by atoms with Gasteiger partial charge in [-0.2, -0.15) is 0 Å². The molecular formula is C16H24N2O2. The van der Waals surface area contributed by atoms with E-state index in [1.807, 2.05) is 6.07 Å². The first-order chi connectivity index (χ1) is 9.72. The minimum absolute atomic E-state index is 0.376. The van der Waals surface area contributed by atoms with Gasteiger partial charge in [-0.3, -0.25) is 0 Å². The molecule has 2 atom stereocenters. The number of hydrogen-bond acceptors (Lipinski definition) is 4. The summed E-state index contributed by atoms with van der Waals surface area (Å²) in [7, 11) is 0. The van der Waals surface area contributed by atoms with Crippen LogP contribution in [0.4, 0.5) is 0 Å². The second-order valence-corrected chi connectivity index (χ2v) is 5.96. The van der Waals surface area contributed by atoms with Gasteiger partial charge >= 0.3 is 0 Å². The maximum Gasteiger partial charge on any atom is 0.161 e. The minimum atomic E-state index is 0.376. The molecule has 110 valence electrons. The van der Waals surface area contributed by atoms with Crippen molar-refractivity contribution in [3.8, 4) is 11.5 Å². The van der Waals surface area contributed by atoms with E-state index < -0.39 is 0 Å². The summed E-state index contributed by atoms with van der Waals surface area (Å²) in [6.45, 7) is 6.88. The molecule has 1 fully saturated rings. The van der Waals surface area contributed by atoms with Gasteiger partial charge in [0.05, 0.1) is 0 Å². The molecule has 0 spiro atoms. The maximum atomic E-state index is 6.07. The van der Waals surface area contributed by atoms with E-state index in [4.69, 9.17) is 15.2 Å². The Hall–Kier alpha value is -1.26. The van der Waals surface area contributed by atoms with Crippen molar-refractivity contribution in [1.82, 2.24) is 4.90 Å². The number of rotatable bonds is 3. The van der Waals surface area contributed by atoms with E-state index in [9.17, 15) is 0 Å². The van der Waals surface area contributed by atoms with Crippen molar-refractivity contribution in [3.05, 3.63) is 23.8 Å². The standard InChI is InChI=1S/C16H24N2O2/c1-12-11-18(7-5-14(12)17)6-4-13-2-3-15-16(10-13)20-9-8-19-15/h2-3,10,12,14H,4-9,11,17H2,1H3. The van der Waals surface area contributed by atoms with Crippen LogP contribution in [0.3, 0.4) is 0 Å². The van der Waals surface area contributed by atoms with Crippen molar-refractivity contribution in [2.75, 3.05) is 32.8 Å². The van der Waals surface area contributed by atoms with E-state index in [0.717, 1.165) is 44.0 Å². The van der Waals surface area contributed by atoms with Gasteiger partial charge in [-0.25, -0.2) is 0 Å². The number of likely N-dealkylation sites (tertiary alicyclic amines) is 1. The molecule has 2 heterocycles. The van der Waals surface area contributed by atoms with Crippen LogP contribution in [0.25, 0.3) is 0 Å². The molecule has 3 rings (SSSR count). The average molecular weight is 276 g/mol. The van der Waals surface area contributed by atoms with Gasteiger partial charge < -0.3 is 20.1 Å². The maximum absolute atomic E-state index is 6.07. The highest BCUT2D eigenvalue weighted by Gasteiger charge is 2.22. The smallest absolute Gasteiger partial charge is 0.161 e. The van der Waals surface area contributed by atoms with Crippen molar-refractivity contribution in [2.24, 2.45) is 11.7 Å². The molecule has 4 nitrogen and oxygen atoms in total. The van der Waals surface area contributed by atoms with Crippen LogP contribution in [0.2, 0.25) is 0 Å². The molecule has 0 amide bonds. The van der Waals surface area contributed by atoms with Gasteiger partial charge in [-0.15, -0.1) is 0 Å². The third kappa shape index (κ3) is 3.07. The quantitative estimate of drug-likeness (QED) is 0.912. The molecule has 2 aliphatic rings. The fourth-order valence-electron chi connectivity index (χ4n) is 2.98. The molecule has 2 N–H and O–H groups in total. The lowest BCUT2D eigenvalue weighted by molar-refractivity contribution is 0.165. The van der Waals surface area contributed by atoms with Crippen molar-refractivity contribution in [3.63, 3.8) is 0 Å². The van der Waals surface area contributed by atoms with Gasteiger partial charge in [0.2, 0.25) is 0 Å². The van der Waals surface area contributed by atoms with Crippen molar-refractivity contribution in [1.29, 1.82) is 0 Å². The molecule has 0 aromatic heterocycles. The number of nitrogens with two attached hydrogens (primary N) is 1. The van der Waals surface area contributed by atoms with E-state index in [2.05, 4.69) is 24.0 Å². The first-order valence-corrected chi connectivity index (χ1v) is 7.59. The lowest BCUT2D eigenvalue weighted by atomic mass is 9.94. The van der Waals surface area contributed by atoms with Gasteiger partial charge in [-0.05, 0) is 43.0 Å². The Labute approximate surface area is 120 Å². The van der Waals surface area contributed by atoms with Crippen molar-refractivity contribution < 1.29 is 9.47 Å². The Balaban J connectivity index is 1.56. The van der Waals surface area contributed by atoms with Gasteiger partial charge in [0, 0.05) is 19.1 Å². The summed E-state index contributed by atoms with van der Waals surface area (Å²) in [5.74, 6) is 2.37. The molecule has 0 saturated carbocycles. The number of piperidine rings is 1. The third-order valence-corrected chi connectivity index (χ3v) is 4.38. The Kier molecular flexibility index (Phi) is 4.13. The zero-order valence-corrected chi connectivity index (χ0v) is 12.2. The lowest BCUT2D eigenvalue weighted by Gasteiger charge is -2.35. The summed E-state index contributed by atoms with van der Waals surface area (Å²) in [6, 6.07) is 6.67. The summed E-state index contributed by atoms with van der Waals surface area (Å²) in [5.41, 5.74) is 7.38. The monoisotopic (exact) mass is 276 g/mol. The van der Waals surface area contributed by atoms with Crippen molar-refractivity contribution >= 4 is 0 Å². The number of fused-ring (bicyclic) bond motifs is 1. The van der Waals surface area contributed by atoms with Crippen LogP contribution >= 0.6 is 0 Å². The topological polar surface area (TPSA) is 47.7 Å². The molecule has 1 aromatic carbocycles. The average Bonchev–Trinajstić information content (AvgIpc) is 2.48. The van der Waals surface area contributed by atoms with Gasteiger partial charge in [-0.1, -0.05) is 13.0 Å². The number of hydrogen-bond donors (Lipinski definition) is 1. The molecule has 0 radical (unpaired) electrons. The summed E-state index contributed by atoms with van der Waals surface area (Å²) in [4.78, 5) is 2.52. The van der Waals surface area contributed by atoms with E-state index in [0.29, 0.717) is 25.2 Å². The second kappa shape index (κ2) is 6.02. The van der Waals surface area contributed by atoms with Gasteiger partial charge in [0.15, 0.2) is 11.5 Å². The van der Waals surface area contributed by atoms with Crippen LogP contribution in [0.5, 0.6) is 11.5 Å². The first-order valence-electron chi connectivity index (χ1n) is 7.59. The molecule has 0 bridgehead atoms. The van der Waals surface area contributed by atoms with Crippen LogP contribution in [0.1, 0.15) is 18.9 Å². The summed E-state index contributed by atoms with van der Waals surface area (Å²) in [6.07, 6.45) is 2.17. The lowest BCUT2D eigenvalue weighted by Crippen LogP contribution is -2.46. The predicted molar refractivity (Wildman–Crippen MR) is 79.3 cm³/mol. The zero-order chi connectivity index (χ0) is 13.9. The van der Waals surface area contributed by atoms with Gasteiger partial charge in [0.25, 0.3) is 0 Å². The number of ether oxygens (including phenoxy) is 2. The van der Waals surface area contributed by atoms with Crippen LogP contribution in [0, 0.1) is 5.92 Å². The highest BCUT2D eigenvalue weighted by Crippen LogP contribution is 2.31. The van der Waals surface area contributed by atoms with E-state index >= 15 is 0 Å². The largest absolute Gasteiger partial charge is 0.486 e. The normalized spacial score (nSPS) is 26.5. The molecule has 0 aliphatic carbocycles. The predicted octanol–water partition coefficient (Wildman–Crippen LogP) is 1.67. The minimum Gasteiger partial charge on any atom is -0.486 e. The summed E-state index contributed by atoms with van der Waals surface area (Å²) >= 11 is 0. The SMILES string of the molecule is CC1CN(CCc2ccc3c(c2)OCCO3)CCC1N. The first kappa shape index (κ1) is 13.7. The van der Waals surface area contributed by atoms with E-state index in [-0.39, 0.29) is 0 Å². The van der Waals surface area contributed by atoms with Crippen LogP contribution in [-0.2, 0) is 6.42 Å². The molecule has 2 aliphatic heterocycles. The molecule has 4 heteroatoms. The van der Waals surface area contributed by atoms with E-state index in [1.54, 1.807) is 0 Å². The molecule has 1 aromatic rings. The second-order valence-electron chi connectivity index (χ2n) is 5.96. The third-order valence-electron chi connectivity index (χ3n) is 4.38. The van der Waals surface area contributed by atoms with Crippen molar-refractivity contribution in [2.45, 2.75) is 25.8 Å². The summed E-state index contributed by atoms with van der Waals surface area (Å²) in [5, 5.41) is 0. The molecule has 1 saturated heterocycles. The molecular weight excluding hydrogens is 252 g/mol. The Bertz CT molecular complexity index is 464. The fourth-order valence-corrected chi connectivity index (χ4v) is 2.98. The Morgan fingerprint density at radius 3 is 2.85 bits per heavy atom. The molecule has 2 unspecified atom stereocenters. The van der Waals surface area contributed by atoms with Crippen LogP contribution in [0.15, 0.2) is 18.2 Å². The zero-order valence-electron chi connectivity index (χ0n) is 12.2. The highest BCUT2D eigenvalue weighted by molar-refractivity contribution is 5.43. The number of benzene rings is 1. The fraction of sp³-hybridized carbons (Fsp3) is 0.625. The van der Waals surface area contributed by atoms with E-state index in [1.165, 1.54) is 5.56 Å². The summed E-state index contributed by atoms with van der Waals surface area (Å²) < 4.78 is 11.2. The number of nitrogens with zero attached hydrogens (tertiary/aromatic N) is 1.